The zero-order valence-electron chi connectivity index (χ0n) is 24.0. The van der Waals surface area contributed by atoms with Gasteiger partial charge in [0.1, 0.15) is 11.4 Å². The van der Waals surface area contributed by atoms with Gasteiger partial charge in [-0.15, -0.1) is 0 Å². The number of phenols is 1. The molecular weight excluding hydrogens is 490 g/mol. The Morgan fingerprint density at radius 3 is 2.10 bits per heavy atom. The molecule has 1 N–H and O–H groups in total. The smallest absolute Gasteiger partial charge is 0.146 e. The van der Waals surface area contributed by atoms with E-state index in [0.717, 1.165) is 39.2 Å². The number of hydrogen-bond acceptors (Lipinski definition) is 3. The number of rotatable bonds is 3. The minimum Gasteiger partial charge on any atom is -0.507 e. The van der Waals surface area contributed by atoms with Crippen molar-refractivity contribution < 1.29 is 5.11 Å². The van der Waals surface area contributed by atoms with Gasteiger partial charge in [0.15, 0.2) is 0 Å². The molecule has 3 aromatic carbocycles. The Bertz CT molecular complexity index is 1870. The molecule has 0 unspecified atom stereocenters. The first-order chi connectivity index (χ1) is 19.0. The molecule has 0 aliphatic rings. The minimum atomic E-state index is -0.0634. The first kappa shape index (κ1) is 25.8. The van der Waals surface area contributed by atoms with Crippen LogP contribution < -0.4 is 0 Å². The zero-order chi connectivity index (χ0) is 28.2. The molecule has 0 aliphatic heterocycles. The van der Waals surface area contributed by atoms with Crippen LogP contribution >= 0.6 is 0 Å². The van der Waals surface area contributed by atoms with E-state index < -0.39 is 0 Å². The maximum atomic E-state index is 10.6. The van der Waals surface area contributed by atoms with Crippen molar-refractivity contribution in [2.75, 3.05) is 0 Å². The van der Waals surface area contributed by atoms with E-state index in [1.54, 1.807) is 6.07 Å². The minimum absolute atomic E-state index is 0.0180. The molecular formula is C36H35N3O. The third kappa shape index (κ3) is 4.54. The van der Waals surface area contributed by atoms with Crippen molar-refractivity contribution in [2.24, 2.45) is 0 Å². The Hall–Kier alpha value is -4.44. The molecule has 40 heavy (non-hydrogen) atoms. The molecule has 4 nitrogen and oxygen atoms in total. The van der Waals surface area contributed by atoms with Gasteiger partial charge >= 0.3 is 0 Å². The van der Waals surface area contributed by atoms with Gasteiger partial charge in [-0.05, 0) is 88.7 Å². The van der Waals surface area contributed by atoms with Gasteiger partial charge in [0.25, 0.3) is 0 Å². The summed E-state index contributed by atoms with van der Waals surface area (Å²) in [6.07, 6.45) is 1.84. The third-order valence-electron chi connectivity index (χ3n) is 7.66. The van der Waals surface area contributed by atoms with Crippen molar-refractivity contribution in [1.29, 1.82) is 0 Å². The molecule has 0 atom stereocenters. The van der Waals surface area contributed by atoms with E-state index in [9.17, 15) is 5.11 Å². The quantitative estimate of drug-likeness (QED) is 0.250. The van der Waals surface area contributed by atoms with Crippen molar-refractivity contribution in [3.8, 4) is 34.0 Å². The number of nitrogens with zero attached hydrogens (tertiary/aromatic N) is 3. The average molecular weight is 526 g/mol. The summed E-state index contributed by atoms with van der Waals surface area (Å²) in [5, 5.41) is 12.9. The molecule has 0 saturated carbocycles. The summed E-state index contributed by atoms with van der Waals surface area (Å²) in [4.78, 5) is 9.86. The molecule has 0 amide bonds. The van der Waals surface area contributed by atoms with E-state index in [1.165, 1.54) is 16.5 Å². The number of benzene rings is 3. The van der Waals surface area contributed by atoms with Gasteiger partial charge in [-0.3, -0.25) is 9.55 Å². The van der Waals surface area contributed by atoms with Crippen LogP contribution in [-0.2, 0) is 10.8 Å². The summed E-state index contributed by atoms with van der Waals surface area (Å²) in [5.74, 6) is 0.221. The Morgan fingerprint density at radius 1 is 0.650 bits per heavy atom. The Morgan fingerprint density at radius 2 is 1.40 bits per heavy atom. The highest BCUT2D eigenvalue weighted by molar-refractivity contribution is 6.08. The van der Waals surface area contributed by atoms with Crippen molar-refractivity contribution in [3.05, 3.63) is 108 Å². The number of phenolic OH excluding ortho intramolecular Hbond substituents is 1. The number of hydrogen-bond donors (Lipinski definition) is 1. The molecule has 0 spiro atoms. The van der Waals surface area contributed by atoms with Crippen LogP contribution in [0, 0.1) is 0 Å². The van der Waals surface area contributed by atoms with Crippen LogP contribution in [0.15, 0.2) is 97.2 Å². The first-order valence-corrected chi connectivity index (χ1v) is 13.8. The maximum Gasteiger partial charge on any atom is 0.146 e. The van der Waals surface area contributed by atoms with Gasteiger partial charge in [0.2, 0.25) is 0 Å². The van der Waals surface area contributed by atoms with Crippen molar-refractivity contribution in [1.82, 2.24) is 14.5 Å². The molecule has 3 heterocycles. The van der Waals surface area contributed by atoms with Gasteiger partial charge < -0.3 is 5.11 Å². The molecule has 6 rings (SSSR count). The highest BCUT2D eigenvalue weighted by Crippen LogP contribution is 2.38. The van der Waals surface area contributed by atoms with Crippen LogP contribution in [0.4, 0.5) is 0 Å². The van der Waals surface area contributed by atoms with Crippen LogP contribution in [0.1, 0.15) is 52.7 Å². The maximum absolute atomic E-state index is 10.6. The summed E-state index contributed by atoms with van der Waals surface area (Å²) in [5.41, 5.74) is 8.93. The second-order valence-electron chi connectivity index (χ2n) is 12.6. The zero-order valence-corrected chi connectivity index (χ0v) is 24.0. The van der Waals surface area contributed by atoms with Crippen molar-refractivity contribution >= 4 is 21.9 Å². The van der Waals surface area contributed by atoms with E-state index in [-0.39, 0.29) is 16.6 Å². The molecule has 0 radical (unpaired) electrons. The number of aromatic hydroxyl groups is 1. The van der Waals surface area contributed by atoms with E-state index in [0.29, 0.717) is 5.56 Å². The molecule has 0 aliphatic carbocycles. The number of aromatic nitrogens is 3. The fourth-order valence-corrected chi connectivity index (χ4v) is 5.31. The fourth-order valence-electron chi connectivity index (χ4n) is 5.31. The fraction of sp³-hybridized carbons (Fsp3) is 0.222. The van der Waals surface area contributed by atoms with Crippen LogP contribution in [-0.4, -0.2) is 19.6 Å². The molecule has 6 aromatic rings. The highest BCUT2D eigenvalue weighted by Gasteiger charge is 2.22. The predicted molar refractivity (Wildman–Crippen MR) is 166 cm³/mol. The molecule has 0 saturated heterocycles. The number of fused-ring (bicyclic) bond motifs is 3. The lowest BCUT2D eigenvalue weighted by Gasteiger charge is -2.22. The van der Waals surface area contributed by atoms with Crippen molar-refractivity contribution in [2.45, 2.75) is 52.4 Å². The second-order valence-corrected chi connectivity index (χ2v) is 12.6. The highest BCUT2D eigenvalue weighted by atomic mass is 16.3. The standard InChI is InChI=1S/C36H35N3O/c1-35(2,3)24-14-17-32-29(22-24)27-15-16-31(28-11-7-8-13-33(28)40)38-34(27)39(32)26-20-23(30-12-9-10-18-37-30)19-25(21-26)36(4,5)6/h7-22,40H,1-6H3. The van der Waals surface area contributed by atoms with Gasteiger partial charge in [0, 0.05) is 33.8 Å². The lowest BCUT2D eigenvalue weighted by molar-refractivity contribution is 0.477. The lowest BCUT2D eigenvalue weighted by Crippen LogP contribution is -2.12. The average Bonchev–Trinajstić information content (AvgIpc) is 3.25. The molecule has 200 valence electrons. The van der Waals surface area contributed by atoms with Gasteiger partial charge in [-0.2, -0.15) is 0 Å². The SMILES string of the molecule is CC(C)(C)c1cc(-c2ccccn2)cc(-n2c3ccc(C(C)(C)C)cc3c3ccc(-c4ccccc4O)nc32)c1. The number of para-hydroxylation sites is 1. The summed E-state index contributed by atoms with van der Waals surface area (Å²) >= 11 is 0. The Labute approximate surface area is 236 Å². The van der Waals surface area contributed by atoms with E-state index in [1.807, 2.05) is 42.6 Å². The van der Waals surface area contributed by atoms with Crippen LogP contribution in [0.2, 0.25) is 0 Å². The molecule has 0 fully saturated rings. The predicted octanol–water partition coefficient (Wildman–Crippen LogP) is 9.21. The van der Waals surface area contributed by atoms with E-state index in [4.69, 9.17) is 4.98 Å². The van der Waals surface area contributed by atoms with Crippen LogP contribution in [0.3, 0.4) is 0 Å². The van der Waals surface area contributed by atoms with Gasteiger partial charge in [-0.25, -0.2) is 4.98 Å². The molecule has 4 heteroatoms. The normalized spacial score (nSPS) is 12.3. The number of pyridine rings is 2. The summed E-state index contributed by atoms with van der Waals surface area (Å²) < 4.78 is 2.27. The van der Waals surface area contributed by atoms with Crippen molar-refractivity contribution in [3.63, 3.8) is 0 Å². The lowest BCUT2D eigenvalue weighted by atomic mass is 9.85. The first-order valence-electron chi connectivity index (χ1n) is 13.8. The molecule has 0 bridgehead atoms. The summed E-state index contributed by atoms with van der Waals surface area (Å²) in [7, 11) is 0. The Kier molecular flexibility index (Phi) is 6.03. The van der Waals surface area contributed by atoms with Crippen LogP contribution in [0.25, 0.3) is 50.1 Å². The molecule has 3 aromatic heterocycles. The third-order valence-corrected chi connectivity index (χ3v) is 7.66. The van der Waals surface area contributed by atoms with E-state index >= 15 is 0 Å². The van der Waals surface area contributed by atoms with Gasteiger partial charge in [0.05, 0.1) is 16.9 Å². The largest absolute Gasteiger partial charge is 0.507 e. The Balaban J connectivity index is 1.71. The van der Waals surface area contributed by atoms with Crippen LogP contribution in [0.5, 0.6) is 5.75 Å². The summed E-state index contributed by atoms with van der Waals surface area (Å²) in [6, 6.07) is 31.1. The second kappa shape index (κ2) is 9.34. The topological polar surface area (TPSA) is 50.9 Å². The van der Waals surface area contributed by atoms with E-state index in [2.05, 4.69) is 99.6 Å². The summed E-state index contributed by atoms with van der Waals surface area (Å²) in [6.45, 7) is 13.5. The van der Waals surface area contributed by atoms with Gasteiger partial charge in [-0.1, -0.05) is 65.8 Å². The monoisotopic (exact) mass is 525 g/mol.